The van der Waals surface area contributed by atoms with E-state index in [1.54, 1.807) is 0 Å². The van der Waals surface area contributed by atoms with E-state index in [-0.39, 0.29) is 5.91 Å². The molecular weight excluding hydrogens is 350 g/mol. The summed E-state index contributed by atoms with van der Waals surface area (Å²) in [5, 5.41) is 3.71. The molecule has 0 aromatic heterocycles. The zero-order valence-electron chi connectivity index (χ0n) is 17.0. The standard InChI is InChI=1S/C23H33N3O2/c1-17-6-4-7-19(12-17)23(28)26-15-18-13-20(16-26)21(24-14-18)8-5-9-22(27)25-10-2-3-11-25/h4,6-7,12,18,20-21,24H,2-3,5,8-11,13-16H2,1H3/t18-,20+,21+/m0/s1. The van der Waals surface area contributed by atoms with Crippen LogP contribution in [0.3, 0.4) is 0 Å². The third kappa shape index (κ3) is 4.40. The number of benzene rings is 1. The third-order valence-electron chi connectivity index (χ3n) is 6.72. The van der Waals surface area contributed by atoms with Crippen LogP contribution in [0.15, 0.2) is 24.3 Å². The number of piperidine rings is 2. The normalized spacial score (nSPS) is 27.1. The molecule has 3 heterocycles. The second-order valence-electron chi connectivity index (χ2n) is 8.94. The van der Waals surface area contributed by atoms with Crippen LogP contribution in [-0.2, 0) is 4.79 Å². The fourth-order valence-electron chi connectivity index (χ4n) is 5.23. The zero-order chi connectivity index (χ0) is 19.5. The van der Waals surface area contributed by atoms with E-state index in [1.807, 2.05) is 36.1 Å². The summed E-state index contributed by atoms with van der Waals surface area (Å²) in [7, 11) is 0. The van der Waals surface area contributed by atoms with E-state index in [1.165, 1.54) is 6.42 Å². The van der Waals surface area contributed by atoms with Crippen molar-refractivity contribution in [1.82, 2.24) is 15.1 Å². The Morgan fingerprint density at radius 1 is 1.14 bits per heavy atom. The highest BCUT2D eigenvalue weighted by Gasteiger charge is 2.38. The van der Waals surface area contributed by atoms with Crippen LogP contribution >= 0.6 is 0 Å². The summed E-state index contributed by atoms with van der Waals surface area (Å²) in [5.41, 5.74) is 1.94. The van der Waals surface area contributed by atoms with Gasteiger partial charge in [-0.2, -0.15) is 0 Å². The maximum atomic E-state index is 13.0. The summed E-state index contributed by atoms with van der Waals surface area (Å²) in [6.07, 6.45) is 6.16. The Labute approximate surface area is 168 Å². The summed E-state index contributed by atoms with van der Waals surface area (Å²) in [6.45, 7) is 6.60. The molecule has 5 nitrogen and oxygen atoms in total. The number of hydrogen-bond acceptors (Lipinski definition) is 3. The van der Waals surface area contributed by atoms with Gasteiger partial charge >= 0.3 is 0 Å². The van der Waals surface area contributed by atoms with Gasteiger partial charge in [-0.15, -0.1) is 0 Å². The first-order valence-electron chi connectivity index (χ1n) is 11.0. The highest BCUT2D eigenvalue weighted by molar-refractivity contribution is 5.94. The lowest BCUT2D eigenvalue weighted by molar-refractivity contribution is -0.130. The van der Waals surface area contributed by atoms with E-state index < -0.39 is 0 Å². The lowest BCUT2D eigenvalue weighted by Gasteiger charge is -2.46. The lowest BCUT2D eigenvalue weighted by Crippen LogP contribution is -2.57. The summed E-state index contributed by atoms with van der Waals surface area (Å²) in [4.78, 5) is 29.4. The van der Waals surface area contributed by atoms with Crippen LogP contribution in [0.5, 0.6) is 0 Å². The molecule has 3 fully saturated rings. The van der Waals surface area contributed by atoms with Gasteiger partial charge in [-0.3, -0.25) is 9.59 Å². The zero-order valence-corrected chi connectivity index (χ0v) is 17.0. The van der Waals surface area contributed by atoms with Crippen molar-refractivity contribution in [3.63, 3.8) is 0 Å². The van der Waals surface area contributed by atoms with Crippen LogP contribution in [0.2, 0.25) is 0 Å². The number of rotatable bonds is 5. The van der Waals surface area contributed by atoms with Crippen LogP contribution in [0.1, 0.15) is 54.4 Å². The summed E-state index contributed by atoms with van der Waals surface area (Å²) < 4.78 is 0. The fraction of sp³-hybridized carbons (Fsp3) is 0.652. The molecular formula is C23H33N3O2. The first-order valence-corrected chi connectivity index (χ1v) is 11.0. The van der Waals surface area contributed by atoms with E-state index in [9.17, 15) is 9.59 Å². The number of aryl methyl sites for hydroxylation is 1. The van der Waals surface area contributed by atoms with Crippen molar-refractivity contribution >= 4 is 11.8 Å². The molecule has 2 amide bonds. The smallest absolute Gasteiger partial charge is 0.253 e. The van der Waals surface area contributed by atoms with E-state index in [2.05, 4.69) is 10.2 Å². The van der Waals surface area contributed by atoms with Gasteiger partial charge in [0.05, 0.1) is 0 Å². The molecule has 3 aliphatic rings. The molecule has 28 heavy (non-hydrogen) atoms. The summed E-state index contributed by atoms with van der Waals surface area (Å²) in [5.74, 6) is 1.55. The lowest BCUT2D eigenvalue weighted by atomic mass is 9.78. The first-order chi connectivity index (χ1) is 13.6. The molecule has 2 bridgehead atoms. The van der Waals surface area contributed by atoms with Gasteiger partial charge in [0.15, 0.2) is 0 Å². The van der Waals surface area contributed by atoms with Crippen molar-refractivity contribution in [3.8, 4) is 0 Å². The first kappa shape index (κ1) is 19.4. The van der Waals surface area contributed by atoms with Gasteiger partial charge in [-0.1, -0.05) is 17.7 Å². The van der Waals surface area contributed by atoms with Crippen LogP contribution in [0, 0.1) is 18.8 Å². The van der Waals surface area contributed by atoms with Gasteiger partial charge in [-0.05, 0) is 69.5 Å². The molecule has 3 atom stereocenters. The van der Waals surface area contributed by atoms with E-state index in [4.69, 9.17) is 0 Å². The molecule has 4 rings (SSSR count). The Kier molecular flexibility index (Phi) is 6.00. The van der Waals surface area contributed by atoms with Crippen LogP contribution in [0.25, 0.3) is 0 Å². The van der Waals surface area contributed by atoms with Crippen molar-refractivity contribution in [1.29, 1.82) is 0 Å². The van der Waals surface area contributed by atoms with E-state index in [0.29, 0.717) is 30.2 Å². The molecule has 0 unspecified atom stereocenters. The highest BCUT2D eigenvalue weighted by atomic mass is 16.2. The highest BCUT2D eigenvalue weighted by Crippen LogP contribution is 2.31. The molecule has 152 valence electrons. The van der Waals surface area contributed by atoms with Gasteiger partial charge in [0.2, 0.25) is 5.91 Å². The molecule has 1 aromatic rings. The molecule has 5 heteroatoms. The van der Waals surface area contributed by atoms with Gasteiger partial charge in [-0.25, -0.2) is 0 Å². The van der Waals surface area contributed by atoms with Gasteiger partial charge in [0, 0.05) is 44.2 Å². The minimum Gasteiger partial charge on any atom is -0.343 e. The second-order valence-corrected chi connectivity index (χ2v) is 8.94. The van der Waals surface area contributed by atoms with Crippen LogP contribution < -0.4 is 5.32 Å². The van der Waals surface area contributed by atoms with Crippen molar-refractivity contribution < 1.29 is 9.59 Å². The predicted molar refractivity (Wildman–Crippen MR) is 110 cm³/mol. The molecule has 0 saturated carbocycles. The molecule has 0 spiro atoms. The minimum absolute atomic E-state index is 0.170. The Bertz CT molecular complexity index is 714. The number of amides is 2. The number of carbonyl (C=O) groups is 2. The average Bonchev–Trinajstić information content (AvgIpc) is 3.24. The largest absolute Gasteiger partial charge is 0.343 e. The van der Waals surface area contributed by atoms with E-state index in [0.717, 1.165) is 69.5 Å². The summed E-state index contributed by atoms with van der Waals surface area (Å²) in [6, 6.07) is 8.35. The Morgan fingerprint density at radius 3 is 2.75 bits per heavy atom. The second kappa shape index (κ2) is 8.64. The SMILES string of the molecule is Cc1cccc(C(=O)N2C[C@@H]3CN[C@H](CCCC(=O)N4CCCC4)[C@H](C3)C2)c1. The monoisotopic (exact) mass is 383 g/mol. The predicted octanol–water partition coefficient (Wildman–Crippen LogP) is 2.84. The molecule has 3 aliphatic heterocycles. The number of carbonyl (C=O) groups excluding carboxylic acids is 2. The maximum Gasteiger partial charge on any atom is 0.253 e. The molecule has 1 N–H and O–H groups in total. The molecule has 1 aromatic carbocycles. The van der Waals surface area contributed by atoms with Crippen LogP contribution in [-0.4, -0.2) is 60.4 Å². The van der Waals surface area contributed by atoms with Crippen molar-refractivity contribution in [2.45, 2.75) is 51.5 Å². The molecule has 0 aliphatic carbocycles. The molecule has 3 saturated heterocycles. The quantitative estimate of drug-likeness (QED) is 0.851. The minimum atomic E-state index is 0.170. The Balaban J connectivity index is 1.31. The van der Waals surface area contributed by atoms with Crippen LogP contribution in [0.4, 0.5) is 0 Å². The Morgan fingerprint density at radius 2 is 1.96 bits per heavy atom. The average molecular weight is 384 g/mol. The van der Waals surface area contributed by atoms with Crippen molar-refractivity contribution in [2.75, 3.05) is 32.7 Å². The number of likely N-dealkylation sites (tertiary alicyclic amines) is 2. The number of nitrogens with one attached hydrogen (secondary N) is 1. The van der Waals surface area contributed by atoms with Gasteiger partial charge in [0.1, 0.15) is 0 Å². The fourth-order valence-corrected chi connectivity index (χ4v) is 5.23. The van der Waals surface area contributed by atoms with Crippen molar-refractivity contribution in [3.05, 3.63) is 35.4 Å². The topological polar surface area (TPSA) is 52.7 Å². The van der Waals surface area contributed by atoms with Gasteiger partial charge in [0.25, 0.3) is 5.91 Å². The maximum absolute atomic E-state index is 13.0. The van der Waals surface area contributed by atoms with E-state index >= 15 is 0 Å². The number of nitrogens with zero attached hydrogens (tertiary/aromatic N) is 2. The Hall–Kier alpha value is -1.88. The molecule has 0 radical (unpaired) electrons. The summed E-state index contributed by atoms with van der Waals surface area (Å²) >= 11 is 0. The van der Waals surface area contributed by atoms with Crippen molar-refractivity contribution in [2.24, 2.45) is 11.8 Å². The number of hydrogen-bond donors (Lipinski definition) is 1. The van der Waals surface area contributed by atoms with Gasteiger partial charge < -0.3 is 15.1 Å². The number of fused-ring (bicyclic) bond motifs is 2. The third-order valence-corrected chi connectivity index (χ3v) is 6.72.